The Hall–Kier alpha value is -1.26. The molecule has 0 heterocycles. The highest BCUT2D eigenvalue weighted by molar-refractivity contribution is 6.36. The molecular weight excluding hydrogens is 277 g/mol. The molecule has 0 bridgehead atoms. The fraction of sp³-hybridized carbons (Fsp3) is 0.333. The lowest BCUT2D eigenvalue weighted by atomic mass is 10.1. The minimum Gasteiger partial charge on any atom is -0.480 e. The maximum Gasteiger partial charge on any atom is 0.326 e. The largest absolute Gasteiger partial charge is 0.480 e. The lowest BCUT2D eigenvalue weighted by Gasteiger charge is -2.14. The Morgan fingerprint density at radius 3 is 2.56 bits per heavy atom. The normalized spacial score (nSPS) is 11.9. The van der Waals surface area contributed by atoms with Crippen LogP contribution in [0.5, 0.6) is 0 Å². The van der Waals surface area contributed by atoms with Crippen molar-refractivity contribution in [2.24, 2.45) is 0 Å². The second kappa shape index (κ2) is 6.61. The molecule has 0 aliphatic rings. The van der Waals surface area contributed by atoms with Crippen molar-refractivity contribution in [3.05, 3.63) is 33.8 Å². The Bertz CT molecular complexity index is 463. The van der Waals surface area contributed by atoms with Gasteiger partial charge in [0.25, 0.3) is 5.91 Å². The second-order valence-electron chi connectivity index (χ2n) is 3.78. The molecule has 2 N–H and O–H groups in total. The predicted molar refractivity (Wildman–Crippen MR) is 70.3 cm³/mol. The van der Waals surface area contributed by atoms with E-state index in [2.05, 4.69) is 5.32 Å². The molecule has 0 saturated carbocycles. The summed E-state index contributed by atoms with van der Waals surface area (Å²) in [5, 5.41) is 12.0. The number of carboxylic acids is 1. The summed E-state index contributed by atoms with van der Waals surface area (Å²) in [5.41, 5.74) is 0.211. The topological polar surface area (TPSA) is 66.4 Å². The highest BCUT2D eigenvalue weighted by atomic mass is 35.5. The van der Waals surface area contributed by atoms with E-state index in [9.17, 15) is 9.59 Å². The molecule has 4 nitrogen and oxygen atoms in total. The molecule has 0 aromatic heterocycles. The standard InChI is InChI=1S/C12H13Cl2NO3/c1-2-3-10(12(17)18)15-11(16)8-5-4-7(13)6-9(8)14/h4-6,10H,2-3H2,1H3,(H,15,16)(H,17,18). The molecule has 1 amide bonds. The van der Waals surface area contributed by atoms with Gasteiger partial charge in [-0.15, -0.1) is 0 Å². The molecule has 0 fully saturated rings. The smallest absolute Gasteiger partial charge is 0.326 e. The van der Waals surface area contributed by atoms with Gasteiger partial charge in [0.1, 0.15) is 6.04 Å². The molecule has 1 unspecified atom stereocenters. The second-order valence-corrected chi connectivity index (χ2v) is 4.62. The minimum atomic E-state index is -1.06. The first kappa shape index (κ1) is 14.8. The summed E-state index contributed by atoms with van der Waals surface area (Å²) in [5.74, 6) is -1.58. The molecule has 6 heteroatoms. The SMILES string of the molecule is CCCC(NC(=O)c1ccc(Cl)cc1Cl)C(=O)O. The van der Waals surface area contributed by atoms with Crippen LogP contribution in [0, 0.1) is 0 Å². The van der Waals surface area contributed by atoms with E-state index in [1.807, 2.05) is 6.92 Å². The number of carbonyl (C=O) groups is 2. The molecular formula is C12H13Cl2NO3. The molecule has 1 atom stereocenters. The van der Waals surface area contributed by atoms with E-state index < -0.39 is 17.9 Å². The van der Waals surface area contributed by atoms with Crippen molar-refractivity contribution in [1.82, 2.24) is 5.32 Å². The van der Waals surface area contributed by atoms with Gasteiger partial charge in [0.05, 0.1) is 10.6 Å². The lowest BCUT2D eigenvalue weighted by molar-refractivity contribution is -0.139. The Labute approximate surface area is 115 Å². The molecule has 18 heavy (non-hydrogen) atoms. The number of nitrogens with one attached hydrogen (secondary N) is 1. The van der Waals surface area contributed by atoms with Crippen LogP contribution in [0.2, 0.25) is 10.0 Å². The van der Waals surface area contributed by atoms with Crippen LogP contribution in [0.1, 0.15) is 30.1 Å². The van der Waals surface area contributed by atoms with Crippen LogP contribution in [0.4, 0.5) is 0 Å². The van der Waals surface area contributed by atoms with Crippen LogP contribution in [0.15, 0.2) is 18.2 Å². The first-order chi connectivity index (χ1) is 8.45. The molecule has 0 aliphatic heterocycles. The van der Waals surface area contributed by atoms with E-state index in [1.165, 1.54) is 18.2 Å². The van der Waals surface area contributed by atoms with Crippen molar-refractivity contribution in [1.29, 1.82) is 0 Å². The van der Waals surface area contributed by atoms with Gasteiger partial charge in [-0.2, -0.15) is 0 Å². The highest BCUT2D eigenvalue weighted by Gasteiger charge is 2.20. The van der Waals surface area contributed by atoms with E-state index in [1.54, 1.807) is 0 Å². The summed E-state index contributed by atoms with van der Waals surface area (Å²) in [7, 11) is 0. The molecule has 0 saturated heterocycles. The molecule has 0 aliphatic carbocycles. The van der Waals surface area contributed by atoms with Crippen molar-refractivity contribution in [2.75, 3.05) is 0 Å². The monoisotopic (exact) mass is 289 g/mol. The third-order valence-corrected chi connectivity index (χ3v) is 2.90. The summed E-state index contributed by atoms with van der Waals surface area (Å²) in [6.45, 7) is 1.84. The molecule has 1 rings (SSSR count). The van der Waals surface area contributed by atoms with E-state index in [0.717, 1.165) is 0 Å². The van der Waals surface area contributed by atoms with E-state index >= 15 is 0 Å². The van der Waals surface area contributed by atoms with Gasteiger partial charge in [-0.3, -0.25) is 4.79 Å². The van der Waals surface area contributed by atoms with Gasteiger partial charge in [0.15, 0.2) is 0 Å². The van der Waals surface area contributed by atoms with Crippen molar-refractivity contribution >= 4 is 35.1 Å². The van der Waals surface area contributed by atoms with Gasteiger partial charge in [-0.05, 0) is 24.6 Å². The van der Waals surface area contributed by atoms with Gasteiger partial charge < -0.3 is 10.4 Å². The van der Waals surface area contributed by atoms with Gasteiger partial charge in [-0.1, -0.05) is 36.5 Å². The Kier molecular flexibility index (Phi) is 5.44. The first-order valence-corrected chi connectivity index (χ1v) is 6.20. The van der Waals surface area contributed by atoms with Crippen molar-refractivity contribution in [3.8, 4) is 0 Å². The predicted octanol–water partition coefficient (Wildman–Crippen LogP) is 2.98. The number of hydrogen-bond acceptors (Lipinski definition) is 2. The number of aliphatic carboxylic acids is 1. The van der Waals surface area contributed by atoms with Gasteiger partial charge in [0.2, 0.25) is 0 Å². The van der Waals surface area contributed by atoms with E-state index in [0.29, 0.717) is 17.9 Å². The number of benzene rings is 1. The molecule has 0 spiro atoms. The average molecular weight is 290 g/mol. The van der Waals surface area contributed by atoms with Gasteiger partial charge >= 0.3 is 5.97 Å². The van der Waals surface area contributed by atoms with Crippen LogP contribution in [-0.4, -0.2) is 23.0 Å². The third-order valence-electron chi connectivity index (χ3n) is 2.36. The number of rotatable bonds is 5. The van der Waals surface area contributed by atoms with Gasteiger partial charge in [0, 0.05) is 5.02 Å². The fourth-order valence-corrected chi connectivity index (χ4v) is 1.95. The Morgan fingerprint density at radius 1 is 1.39 bits per heavy atom. The van der Waals surface area contributed by atoms with E-state index in [4.69, 9.17) is 28.3 Å². The molecule has 0 radical (unpaired) electrons. The Balaban J connectivity index is 2.83. The summed E-state index contributed by atoms with van der Waals surface area (Å²) in [6, 6.07) is 3.52. The van der Waals surface area contributed by atoms with Crippen LogP contribution in [0.25, 0.3) is 0 Å². The maximum atomic E-state index is 11.9. The Morgan fingerprint density at radius 2 is 2.06 bits per heavy atom. The summed E-state index contributed by atoms with van der Waals surface area (Å²) >= 11 is 11.6. The number of carbonyl (C=O) groups excluding carboxylic acids is 1. The minimum absolute atomic E-state index is 0.195. The van der Waals surface area contributed by atoms with Gasteiger partial charge in [-0.25, -0.2) is 4.79 Å². The average Bonchev–Trinajstić information content (AvgIpc) is 2.27. The van der Waals surface area contributed by atoms with Crippen molar-refractivity contribution < 1.29 is 14.7 Å². The molecule has 1 aromatic carbocycles. The number of carboxylic acid groups (broad SMARTS) is 1. The number of amides is 1. The van der Waals surface area contributed by atoms with Crippen LogP contribution < -0.4 is 5.32 Å². The van der Waals surface area contributed by atoms with E-state index in [-0.39, 0.29) is 10.6 Å². The van der Waals surface area contributed by atoms with Crippen molar-refractivity contribution in [3.63, 3.8) is 0 Å². The zero-order valence-electron chi connectivity index (χ0n) is 9.74. The fourth-order valence-electron chi connectivity index (χ4n) is 1.46. The quantitative estimate of drug-likeness (QED) is 0.876. The number of halogens is 2. The first-order valence-electron chi connectivity index (χ1n) is 5.44. The molecule has 98 valence electrons. The summed E-state index contributed by atoms with van der Waals surface area (Å²) in [4.78, 5) is 22.8. The van der Waals surface area contributed by atoms with Crippen LogP contribution >= 0.6 is 23.2 Å². The van der Waals surface area contributed by atoms with Crippen molar-refractivity contribution in [2.45, 2.75) is 25.8 Å². The van der Waals surface area contributed by atoms with Crippen LogP contribution in [0.3, 0.4) is 0 Å². The lowest BCUT2D eigenvalue weighted by Crippen LogP contribution is -2.40. The summed E-state index contributed by atoms with van der Waals surface area (Å²) < 4.78 is 0. The molecule has 1 aromatic rings. The zero-order chi connectivity index (χ0) is 13.7. The zero-order valence-corrected chi connectivity index (χ0v) is 11.3. The highest BCUT2D eigenvalue weighted by Crippen LogP contribution is 2.21. The number of hydrogen-bond donors (Lipinski definition) is 2. The van der Waals surface area contributed by atoms with Crippen LogP contribution in [-0.2, 0) is 4.79 Å². The summed E-state index contributed by atoms with van der Waals surface area (Å²) in [6.07, 6.45) is 1.03. The third kappa shape index (κ3) is 3.89. The maximum absolute atomic E-state index is 11.9.